The van der Waals surface area contributed by atoms with Crippen molar-refractivity contribution < 1.29 is 9.59 Å². The molecule has 1 saturated heterocycles. The van der Waals surface area contributed by atoms with Crippen molar-refractivity contribution in [3.8, 4) is 0 Å². The Morgan fingerprint density at radius 2 is 2.27 bits per heavy atom. The number of nitrogens with one attached hydrogen (secondary N) is 1. The molecule has 0 unspecified atom stereocenters. The van der Waals surface area contributed by atoms with Crippen LogP contribution >= 0.6 is 51.2 Å². The molecule has 1 aromatic heterocycles. The van der Waals surface area contributed by atoms with Gasteiger partial charge in [0.2, 0.25) is 5.91 Å². The number of thioether (sulfide) groups is 1. The summed E-state index contributed by atoms with van der Waals surface area (Å²) in [6, 6.07) is 7.67. The number of hydrogen-bond donors (Lipinski definition) is 1. The van der Waals surface area contributed by atoms with Gasteiger partial charge in [0.15, 0.2) is 5.13 Å². The lowest BCUT2D eigenvalue weighted by Gasteiger charge is -2.13. The SMILES string of the molecule is Cc1csc(NC(=O)CCN2C(=O)/C(=C\c3cccc(Br)c3)SC2=S)n1. The van der Waals surface area contributed by atoms with Crippen molar-refractivity contribution >= 4 is 78.6 Å². The molecular weight excluding hydrogens is 454 g/mol. The second-order valence-corrected chi connectivity index (χ2v) is 8.93. The quantitative estimate of drug-likeness (QED) is 0.519. The molecule has 2 amide bonds. The highest BCUT2D eigenvalue weighted by molar-refractivity contribution is 9.10. The summed E-state index contributed by atoms with van der Waals surface area (Å²) in [5.74, 6) is -0.359. The first-order valence-electron chi connectivity index (χ1n) is 7.65. The zero-order valence-electron chi connectivity index (χ0n) is 13.7. The van der Waals surface area contributed by atoms with E-state index in [9.17, 15) is 9.59 Å². The van der Waals surface area contributed by atoms with Crippen LogP contribution in [0, 0.1) is 6.92 Å². The molecule has 3 rings (SSSR count). The number of carbonyl (C=O) groups excluding carboxylic acids is 2. The van der Waals surface area contributed by atoms with Gasteiger partial charge in [-0.15, -0.1) is 11.3 Å². The topological polar surface area (TPSA) is 62.3 Å². The second-order valence-electron chi connectivity index (χ2n) is 5.48. The molecular formula is C17H14BrN3O2S3. The standard InChI is InChI=1S/C17H14BrN3O2S3/c1-10-9-25-16(19-10)20-14(22)5-6-21-15(23)13(26-17(21)24)8-11-3-2-4-12(18)7-11/h2-4,7-9H,5-6H2,1H3,(H,19,20,22)/b13-8+. The van der Waals surface area contributed by atoms with Gasteiger partial charge in [-0.2, -0.15) is 0 Å². The third-order valence-corrected chi connectivity index (χ3v) is 6.19. The molecule has 0 saturated carbocycles. The van der Waals surface area contributed by atoms with Crippen LogP contribution in [0.1, 0.15) is 17.7 Å². The number of thiazole rings is 1. The van der Waals surface area contributed by atoms with Gasteiger partial charge in [-0.1, -0.05) is 52.0 Å². The van der Waals surface area contributed by atoms with Crippen LogP contribution in [0.2, 0.25) is 0 Å². The van der Waals surface area contributed by atoms with Gasteiger partial charge in [0.25, 0.3) is 5.91 Å². The molecule has 0 bridgehead atoms. The van der Waals surface area contributed by atoms with E-state index in [1.807, 2.05) is 42.6 Å². The number of aromatic nitrogens is 1. The van der Waals surface area contributed by atoms with E-state index >= 15 is 0 Å². The van der Waals surface area contributed by atoms with Gasteiger partial charge in [-0.25, -0.2) is 4.98 Å². The summed E-state index contributed by atoms with van der Waals surface area (Å²) in [6.07, 6.45) is 1.97. The number of hydrogen-bond acceptors (Lipinski definition) is 6. The third kappa shape index (κ3) is 4.79. The molecule has 2 aromatic rings. The van der Waals surface area contributed by atoms with Gasteiger partial charge < -0.3 is 5.32 Å². The van der Waals surface area contributed by atoms with Gasteiger partial charge >= 0.3 is 0 Å². The molecule has 1 aromatic carbocycles. The van der Waals surface area contributed by atoms with Crippen LogP contribution in [0.5, 0.6) is 0 Å². The molecule has 1 fully saturated rings. The molecule has 0 atom stereocenters. The average molecular weight is 468 g/mol. The fraction of sp³-hybridized carbons (Fsp3) is 0.176. The summed E-state index contributed by atoms with van der Waals surface area (Å²) in [6.45, 7) is 2.11. The van der Waals surface area contributed by atoms with E-state index in [1.54, 1.807) is 0 Å². The second kappa shape index (κ2) is 8.43. The van der Waals surface area contributed by atoms with E-state index < -0.39 is 0 Å². The van der Waals surface area contributed by atoms with Crippen molar-refractivity contribution in [3.63, 3.8) is 0 Å². The van der Waals surface area contributed by atoms with Crippen molar-refractivity contribution in [1.29, 1.82) is 0 Å². The summed E-state index contributed by atoms with van der Waals surface area (Å²) in [7, 11) is 0. The Kier molecular flexibility index (Phi) is 6.23. The maximum atomic E-state index is 12.6. The van der Waals surface area contributed by atoms with E-state index in [1.165, 1.54) is 28.0 Å². The number of carbonyl (C=O) groups is 2. The van der Waals surface area contributed by atoms with Crippen LogP contribution < -0.4 is 5.32 Å². The smallest absolute Gasteiger partial charge is 0.266 e. The molecule has 1 aliphatic rings. The molecule has 1 aliphatic heterocycles. The molecule has 5 nitrogen and oxygen atoms in total. The average Bonchev–Trinajstić information content (AvgIpc) is 3.09. The zero-order chi connectivity index (χ0) is 18.7. The van der Waals surface area contributed by atoms with Crippen LogP contribution in [-0.2, 0) is 9.59 Å². The first kappa shape index (κ1) is 19.2. The monoisotopic (exact) mass is 467 g/mol. The highest BCUT2D eigenvalue weighted by Crippen LogP contribution is 2.33. The van der Waals surface area contributed by atoms with E-state index in [2.05, 4.69) is 26.2 Å². The number of halogens is 1. The number of amides is 2. The van der Waals surface area contributed by atoms with Gasteiger partial charge in [-0.3, -0.25) is 14.5 Å². The number of anilines is 1. The summed E-state index contributed by atoms with van der Waals surface area (Å²) >= 11 is 11.3. The van der Waals surface area contributed by atoms with E-state index in [4.69, 9.17) is 12.2 Å². The normalized spacial score (nSPS) is 15.8. The van der Waals surface area contributed by atoms with Crippen LogP contribution in [0.25, 0.3) is 6.08 Å². The third-order valence-electron chi connectivity index (χ3n) is 3.45. The van der Waals surface area contributed by atoms with Crippen molar-refractivity contribution in [1.82, 2.24) is 9.88 Å². The van der Waals surface area contributed by atoms with E-state index in [-0.39, 0.29) is 24.8 Å². The Morgan fingerprint density at radius 1 is 1.46 bits per heavy atom. The summed E-state index contributed by atoms with van der Waals surface area (Å²) in [5.41, 5.74) is 1.77. The number of aryl methyl sites for hydroxylation is 1. The molecule has 26 heavy (non-hydrogen) atoms. The Morgan fingerprint density at radius 3 is 2.96 bits per heavy atom. The zero-order valence-corrected chi connectivity index (χ0v) is 17.7. The maximum Gasteiger partial charge on any atom is 0.266 e. The van der Waals surface area contributed by atoms with Gasteiger partial charge in [0.05, 0.1) is 10.6 Å². The van der Waals surface area contributed by atoms with Crippen molar-refractivity contribution in [3.05, 3.63) is 50.3 Å². The molecule has 9 heteroatoms. The van der Waals surface area contributed by atoms with Gasteiger partial charge in [0.1, 0.15) is 4.32 Å². The first-order chi connectivity index (χ1) is 12.4. The molecule has 0 radical (unpaired) electrons. The van der Waals surface area contributed by atoms with E-state index in [0.29, 0.717) is 14.4 Å². The van der Waals surface area contributed by atoms with Gasteiger partial charge in [0, 0.05) is 22.8 Å². The Hall–Kier alpha value is -1.55. The van der Waals surface area contributed by atoms with Crippen molar-refractivity contribution in [2.24, 2.45) is 0 Å². The number of rotatable bonds is 5. The number of thiocarbonyl (C=S) groups is 1. The van der Waals surface area contributed by atoms with E-state index in [0.717, 1.165) is 15.7 Å². The van der Waals surface area contributed by atoms with Gasteiger partial charge in [-0.05, 0) is 30.7 Å². The predicted molar refractivity (Wildman–Crippen MR) is 114 cm³/mol. The van der Waals surface area contributed by atoms with Crippen LogP contribution in [-0.4, -0.2) is 32.6 Å². The van der Waals surface area contributed by atoms with Crippen LogP contribution in [0.3, 0.4) is 0 Å². The fourth-order valence-corrected chi connectivity index (χ4v) is 4.68. The van der Waals surface area contributed by atoms with Crippen LogP contribution in [0.15, 0.2) is 39.0 Å². The lowest BCUT2D eigenvalue weighted by atomic mass is 10.2. The number of benzene rings is 1. The Labute approximate surface area is 173 Å². The summed E-state index contributed by atoms with van der Waals surface area (Å²) in [4.78, 5) is 30.8. The van der Waals surface area contributed by atoms with Crippen molar-refractivity contribution in [2.75, 3.05) is 11.9 Å². The maximum absolute atomic E-state index is 12.6. The predicted octanol–water partition coefficient (Wildman–Crippen LogP) is 4.44. The summed E-state index contributed by atoms with van der Waals surface area (Å²) in [5, 5.41) is 5.16. The molecule has 2 heterocycles. The molecule has 134 valence electrons. The van der Waals surface area contributed by atoms with Crippen LogP contribution in [0.4, 0.5) is 5.13 Å². The Bertz CT molecular complexity index is 910. The lowest BCUT2D eigenvalue weighted by Crippen LogP contribution is -2.31. The lowest BCUT2D eigenvalue weighted by molar-refractivity contribution is -0.122. The molecule has 0 aliphatic carbocycles. The highest BCUT2D eigenvalue weighted by Gasteiger charge is 2.32. The minimum atomic E-state index is -0.190. The minimum Gasteiger partial charge on any atom is -0.302 e. The first-order valence-corrected chi connectivity index (χ1v) is 10.5. The molecule has 1 N–H and O–H groups in total. The van der Waals surface area contributed by atoms with Crippen molar-refractivity contribution in [2.45, 2.75) is 13.3 Å². The summed E-state index contributed by atoms with van der Waals surface area (Å²) < 4.78 is 1.41. The largest absolute Gasteiger partial charge is 0.302 e. The highest BCUT2D eigenvalue weighted by atomic mass is 79.9. The minimum absolute atomic E-state index is 0.162. The number of nitrogens with zero attached hydrogens (tertiary/aromatic N) is 2. The molecule has 0 spiro atoms. The Balaban J connectivity index is 1.61. The fourth-order valence-electron chi connectivity index (χ4n) is 2.25.